The number of hydrogen-bond acceptors (Lipinski definition) is 7. The summed E-state index contributed by atoms with van der Waals surface area (Å²) in [6, 6.07) is 2.12. The van der Waals surface area contributed by atoms with Gasteiger partial charge in [0.25, 0.3) is 5.19 Å². The third-order valence-electron chi connectivity index (χ3n) is 5.90. The Morgan fingerprint density at radius 3 is 2.67 bits per heavy atom. The highest BCUT2D eigenvalue weighted by molar-refractivity contribution is 7.15. The van der Waals surface area contributed by atoms with Crippen molar-refractivity contribution in [2.75, 3.05) is 18.4 Å². The van der Waals surface area contributed by atoms with Gasteiger partial charge in [-0.25, -0.2) is 9.78 Å². The zero-order chi connectivity index (χ0) is 23.4. The van der Waals surface area contributed by atoms with Crippen molar-refractivity contribution in [2.45, 2.75) is 78.0 Å². The summed E-state index contributed by atoms with van der Waals surface area (Å²) in [6.07, 6.45) is 6.49. The second kappa shape index (κ2) is 10.5. The molecule has 1 saturated heterocycles. The number of thiophene rings is 1. The number of nitrogens with zero attached hydrogens (tertiary/aromatic N) is 2. The summed E-state index contributed by atoms with van der Waals surface area (Å²) in [5, 5.41) is 16.0. The maximum Gasteiger partial charge on any atom is 0.348 e. The number of aromatic nitrogens is 1. The van der Waals surface area contributed by atoms with Gasteiger partial charge in [0.1, 0.15) is 11.0 Å². The Hall–Kier alpha value is -2.08. The fourth-order valence-corrected chi connectivity index (χ4v) is 5.78. The Bertz CT molecular complexity index is 1010. The molecule has 6 nitrogen and oxygen atoms in total. The molecule has 2 fully saturated rings. The first-order valence-electron chi connectivity index (χ1n) is 11.8. The summed E-state index contributed by atoms with van der Waals surface area (Å²) in [4.78, 5) is 20.0. The van der Waals surface area contributed by atoms with E-state index in [0.29, 0.717) is 10.6 Å². The molecule has 2 aromatic rings. The summed E-state index contributed by atoms with van der Waals surface area (Å²) >= 11 is 2.83. The van der Waals surface area contributed by atoms with Crippen molar-refractivity contribution in [3.8, 4) is 17.0 Å². The van der Waals surface area contributed by atoms with Gasteiger partial charge >= 0.3 is 5.97 Å². The largest absolute Gasteiger partial charge is 0.477 e. The van der Waals surface area contributed by atoms with Crippen LogP contribution in [-0.2, 0) is 6.54 Å². The van der Waals surface area contributed by atoms with E-state index in [1.807, 2.05) is 26.8 Å². The Balaban J connectivity index is 1.29. The molecule has 178 valence electrons. The van der Waals surface area contributed by atoms with E-state index in [0.717, 1.165) is 48.0 Å². The minimum atomic E-state index is -0.906. The Morgan fingerprint density at radius 1 is 1.27 bits per heavy atom. The zero-order valence-electron chi connectivity index (χ0n) is 19.6. The molecule has 0 atom stereocenters. The molecule has 1 aliphatic heterocycles. The van der Waals surface area contributed by atoms with Crippen LogP contribution in [0, 0.1) is 17.3 Å². The van der Waals surface area contributed by atoms with Crippen molar-refractivity contribution in [1.82, 2.24) is 9.88 Å². The van der Waals surface area contributed by atoms with Crippen LogP contribution in [0.4, 0.5) is 5.69 Å². The van der Waals surface area contributed by atoms with Gasteiger partial charge in [-0.15, -0.1) is 11.3 Å². The minimum absolute atomic E-state index is 0.119. The maximum atomic E-state index is 11.7. The first-order chi connectivity index (χ1) is 15.7. The third kappa shape index (κ3) is 6.95. The van der Waals surface area contributed by atoms with Crippen molar-refractivity contribution in [3.63, 3.8) is 0 Å². The predicted octanol–water partition coefficient (Wildman–Crippen LogP) is 5.70. The maximum absolute atomic E-state index is 11.7. The molecule has 4 rings (SSSR count). The fourth-order valence-electron chi connectivity index (χ4n) is 4.24. The number of aromatic carboxylic acids is 1. The van der Waals surface area contributed by atoms with Crippen LogP contribution in [0.3, 0.4) is 0 Å². The van der Waals surface area contributed by atoms with E-state index in [9.17, 15) is 9.90 Å². The molecule has 33 heavy (non-hydrogen) atoms. The quantitative estimate of drug-likeness (QED) is 0.488. The molecule has 0 unspecified atom stereocenters. The molecule has 1 aliphatic carbocycles. The Morgan fingerprint density at radius 2 is 2.00 bits per heavy atom. The Labute approximate surface area is 204 Å². The van der Waals surface area contributed by atoms with Gasteiger partial charge in [0.05, 0.1) is 16.3 Å². The standard InChI is InChI=1S/C25H33N3O3S2/c1-25(2,3)11-10-20-14-21(22(33-20)23(29)30)26-17-6-8-19(9-7-17)31-24-27-18(16-32-24)15-28-12-4-5-13-28/h14,16-17,19,26H,4-9,12-13,15H2,1-3H3,(H,29,30). The molecule has 0 spiro atoms. The molecule has 8 heteroatoms. The lowest BCUT2D eigenvalue weighted by Gasteiger charge is -2.29. The second-order valence-electron chi connectivity index (χ2n) is 9.98. The first kappa shape index (κ1) is 24.1. The first-order valence-corrected chi connectivity index (χ1v) is 13.4. The number of ether oxygens (including phenoxy) is 1. The van der Waals surface area contributed by atoms with Crippen molar-refractivity contribution in [1.29, 1.82) is 0 Å². The smallest absolute Gasteiger partial charge is 0.348 e. The minimum Gasteiger partial charge on any atom is -0.477 e. The number of nitrogens with one attached hydrogen (secondary N) is 1. The van der Waals surface area contributed by atoms with Crippen LogP contribution in [0.15, 0.2) is 11.4 Å². The monoisotopic (exact) mass is 487 g/mol. The Kier molecular flexibility index (Phi) is 7.62. The molecule has 0 bridgehead atoms. The molecule has 2 aromatic heterocycles. The number of carboxylic acids is 1. The van der Waals surface area contributed by atoms with Crippen LogP contribution >= 0.6 is 22.7 Å². The summed E-state index contributed by atoms with van der Waals surface area (Å²) in [7, 11) is 0. The highest BCUT2D eigenvalue weighted by Gasteiger charge is 2.25. The number of rotatable bonds is 7. The van der Waals surface area contributed by atoms with Gasteiger partial charge in [-0.3, -0.25) is 4.90 Å². The topological polar surface area (TPSA) is 74.7 Å². The summed E-state index contributed by atoms with van der Waals surface area (Å²) < 4.78 is 6.18. The second-order valence-corrected chi connectivity index (χ2v) is 11.9. The van der Waals surface area contributed by atoms with E-state index in [4.69, 9.17) is 4.74 Å². The van der Waals surface area contributed by atoms with E-state index >= 15 is 0 Å². The predicted molar refractivity (Wildman–Crippen MR) is 135 cm³/mol. The van der Waals surface area contributed by atoms with Crippen LogP contribution in [0.1, 0.15) is 79.5 Å². The molecule has 0 amide bonds. The van der Waals surface area contributed by atoms with E-state index in [1.165, 1.54) is 37.3 Å². The van der Waals surface area contributed by atoms with Crippen LogP contribution in [0.5, 0.6) is 5.19 Å². The molecular weight excluding hydrogens is 454 g/mol. The van der Waals surface area contributed by atoms with Crippen molar-refractivity contribution < 1.29 is 14.6 Å². The molecule has 0 radical (unpaired) electrons. The zero-order valence-corrected chi connectivity index (χ0v) is 21.3. The van der Waals surface area contributed by atoms with Gasteiger partial charge in [0, 0.05) is 23.4 Å². The van der Waals surface area contributed by atoms with Gasteiger partial charge < -0.3 is 15.2 Å². The molecule has 2 N–H and O–H groups in total. The van der Waals surface area contributed by atoms with Crippen LogP contribution in [0.25, 0.3) is 0 Å². The van der Waals surface area contributed by atoms with Crippen molar-refractivity contribution in [2.24, 2.45) is 5.41 Å². The fraction of sp³-hybridized carbons (Fsp3) is 0.600. The average Bonchev–Trinajstić information content (AvgIpc) is 3.50. The summed E-state index contributed by atoms with van der Waals surface area (Å²) in [6.45, 7) is 9.40. The van der Waals surface area contributed by atoms with Gasteiger partial charge in [0.2, 0.25) is 0 Å². The number of carbonyl (C=O) groups is 1. The van der Waals surface area contributed by atoms with E-state index < -0.39 is 5.97 Å². The lowest BCUT2D eigenvalue weighted by molar-refractivity contribution is 0.0703. The van der Waals surface area contributed by atoms with Crippen molar-refractivity contribution in [3.05, 3.63) is 26.9 Å². The molecule has 1 saturated carbocycles. The van der Waals surface area contributed by atoms with Gasteiger partial charge in [-0.2, -0.15) is 0 Å². The van der Waals surface area contributed by atoms with Gasteiger partial charge in [-0.1, -0.05) is 23.2 Å². The van der Waals surface area contributed by atoms with Crippen LogP contribution in [0.2, 0.25) is 0 Å². The van der Waals surface area contributed by atoms with Crippen molar-refractivity contribution >= 4 is 34.3 Å². The lowest BCUT2D eigenvalue weighted by Crippen LogP contribution is -2.31. The van der Waals surface area contributed by atoms with E-state index in [2.05, 4.69) is 32.4 Å². The lowest BCUT2D eigenvalue weighted by atomic mass is 9.93. The number of likely N-dealkylation sites (tertiary alicyclic amines) is 1. The molecule has 3 heterocycles. The van der Waals surface area contributed by atoms with Gasteiger partial charge in [-0.05, 0) is 78.5 Å². The van der Waals surface area contributed by atoms with E-state index in [-0.39, 0.29) is 17.6 Å². The highest BCUT2D eigenvalue weighted by Crippen LogP contribution is 2.32. The van der Waals surface area contributed by atoms with Gasteiger partial charge in [0.15, 0.2) is 0 Å². The average molecular weight is 488 g/mol. The van der Waals surface area contributed by atoms with Crippen LogP contribution < -0.4 is 10.1 Å². The number of hydrogen-bond donors (Lipinski definition) is 2. The molecule has 2 aliphatic rings. The number of thiazole rings is 1. The number of carboxylic acid groups (broad SMARTS) is 1. The molecule has 0 aromatic carbocycles. The SMILES string of the molecule is CC(C)(C)C#Cc1cc(NC2CCC(Oc3nc(CN4CCCC4)cs3)CC2)c(C(=O)O)s1. The molecular formula is C25H33N3O3S2. The normalized spacial score (nSPS) is 21.4. The summed E-state index contributed by atoms with van der Waals surface area (Å²) in [5.74, 6) is 5.41. The number of anilines is 1. The van der Waals surface area contributed by atoms with E-state index in [1.54, 1.807) is 11.3 Å². The highest BCUT2D eigenvalue weighted by atomic mass is 32.1. The van der Waals surface area contributed by atoms with Crippen LogP contribution in [-0.4, -0.2) is 46.2 Å². The third-order valence-corrected chi connectivity index (χ3v) is 7.72. The summed E-state index contributed by atoms with van der Waals surface area (Å²) in [5.41, 5.74) is 1.67.